The van der Waals surface area contributed by atoms with Gasteiger partial charge in [0.05, 0.1) is 12.2 Å². The minimum atomic E-state index is -0.250. The quantitative estimate of drug-likeness (QED) is 0.565. The summed E-state index contributed by atoms with van der Waals surface area (Å²) in [4.78, 5) is 22.9. The van der Waals surface area contributed by atoms with Crippen LogP contribution in [0.1, 0.15) is 48.1 Å². The Hall–Kier alpha value is -1.58. The molecule has 0 saturated heterocycles. The molecule has 0 aliphatic rings. The maximum absolute atomic E-state index is 11.8. The molecular formula is C13H18O4. The zero-order valence-electron chi connectivity index (χ0n) is 10.5. The Morgan fingerprint density at radius 1 is 1.29 bits per heavy atom. The lowest BCUT2D eigenvalue weighted by molar-refractivity contribution is -0.143. The second-order valence-corrected chi connectivity index (χ2v) is 3.91. The van der Waals surface area contributed by atoms with Gasteiger partial charge in [0.15, 0.2) is 5.78 Å². The average Bonchev–Trinajstić information content (AvgIpc) is 2.58. The van der Waals surface area contributed by atoms with Gasteiger partial charge >= 0.3 is 5.97 Å². The summed E-state index contributed by atoms with van der Waals surface area (Å²) >= 11 is 0. The lowest BCUT2D eigenvalue weighted by Crippen LogP contribution is -2.06. The molecule has 4 nitrogen and oxygen atoms in total. The summed E-state index contributed by atoms with van der Waals surface area (Å²) in [5.74, 6) is 1.14. The number of esters is 1. The average molecular weight is 238 g/mol. The van der Waals surface area contributed by atoms with E-state index in [0.29, 0.717) is 30.8 Å². The van der Waals surface area contributed by atoms with Gasteiger partial charge in [-0.1, -0.05) is 0 Å². The number of rotatable bonds is 6. The smallest absolute Gasteiger partial charge is 0.305 e. The van der Waals surface area contributed by atoms with Crippen LogP contribution in [0.2, 0.25) is 0 Å². The van der Waals surface area contributed by atoms with Crippen molar-refractivity contribution in [2.45, 2.75) is 40.0 Å². The van der Waals surface area contributed by atoms with Crippen molar-refractivity contribution in [3.05, 3.63) is 23.2 Å². The number of Topliss-reactive ketones (excluding diaryl/α,β-unsaturated/α-hetero) is 1. The Bertz CT molecular complexity index is 404. The first-order valence-corrected chi connectivity index (χ1v) is 5.80. The van der Waals surface area contributed by atoms with Gasteiger partial charge in [-0.25, -0.2) is 0 Å². The molecule has 0 aliphatic heterocycles. The van der Waals surface area contributed by atoms with Gasteiger partial charge in [0.1, 0.15) is 11.5 Å². The molecule has 4 heteroatoms. The molecule has 0 radical (unpaired) electrons. The van der Waals surface area contributed by atoms with E-state index in [9.17, 15) is 9.59 Å². The van der Waals surface area contributed by atoms with Crippen molar-refractivity contribution in [2.24, 2.45) is 0 Å². The number of hydrogen-bond donors (Lipinski definition) is 0. The minimum Gasteiger partial charge on any atom is -0.466 e. The molecule has 1 rings (SSSR count). The van der Waals surface area contributed by atoms with Gasteiger partial charge in [-0.2, -0.15) is 0 Å². The number of hydrogen-bond acceptors (Lipinski definition) is 4. The minimum absolute atomic E-state index is 0.0173. The van der Waals surface area contributed by atoms with Gasteiger partial charge in [0.2, 0.25) is 0 Å². The summed E-state index contributed by atoms with van der Waals surface area (Å²) in [6.07, 6.45) is 1.15. The zero-order chi connectivity index (χ0) is 12.8. The maximum atomic E-state index is 11.8. The molecule has 0 saturated carbocycles. The third-order valence-electron chi connectivity index (χ3n) is 2.43. The highest BCUT2D eigenvalue weighted by atomic mass is 16.5. The molecule has 1 aromatic rings. The number of ketones is 1. The third-order valence-corrected chi connectivity index (χ3v) is 2.43. The standard InChI is InChI=1S/C13H18O4/c1-4-16-13(15)7-5-6-12(14)11-8-9(2)17-10(11)3/h8H,4-7H2,1-3H3. The van der Waals surface area contributed by atoms with E-state index in [2.05, 4.69) is 0 Å². The van der Waals surface area contributed by atoms with Crippen molar-refractivity contribution in [3.8, 4) is 0 Å². The van der Waals surface area contributed by atoms with E-state index in [4.69, 9.17) is 9.15 Å². The van der Waals surface area contributed by atoms with Crippen LogP contribution < -0.4 is 0 Å². The monoisotopic (exact) mass is 238 g/mol. The largest absolute Gasteiger partial charge is 0.466 e. The second kappa shape index (κ2) is 6.23. The van der Waals surface area contributed by atoms with Crippen LogP contribution in [0, 0.1) is 13.8 Å². The highest BCUT2D eigenvalue weighted by Gasteiger charge is 2.13. The van der Waals surface area contributed by atoms with E-state index in [1.807, 2.05) is 6.92 Å². The van der Waals surface area contributed by atoms with Crippen molar-refractivity contribution in [2.75, 3.05) is 6.61 Å². The van der Waals surface area contributed by atoms with E-state index < -0.39 is 0 Å². The summed E-state index contributed by atoms with van der Waals surface area (Å²) in [6.45, 7) is 5.72. The van der Waals surface area contributed by atoms with Crippen molar-refractivity contribution < 1.29 is 18.7 Å². The van der Waals surface area contributed by atoms with Crippen molar-refractivity contribution in [3.63, 3.8) is 0 Å². The summed E-state index contributed by atoms with van der Waals surface area (Å²) in [7, 11) is 0. The predicted octanol–water partition coefficient (Wildman–Crippen LogP) is 2.81. The number of carbonyl (C=O) groups excluding carboxylic acids is 2. The normalized spacial score (nSPS) is 10.3. The molecule has 1 aromatic heterocycles. The third kappa shape index (κ3) is 4.06. The van der Waals surface area contributed by atoms with Crippen LogP contribution in [0.15, 0.2) is 10.5 Å². The Balaban J connectivity index is 2.40. The molecule has 0 aromatic carbocycles. The van der Waals surface area contributed by atoms with Gasteiger partial charge in [-0.15, -0.1) is 0 Å². The molecule has 0 aliphatic carbocycles. The van der Waals surface area contributed by atoms with E-state index in [1.54, 1.807) is 19.9 Å². The Labute approximate surface area is 101 Å². The van der Waals surface area contributed by atoms with E-state index in [-0.39, 0.29) is 18.2 Å². The van der Waals surface area contributed by atoms with Crippen LogP contribution in [0.25, 0.3) is 0 Å². The molecule has 0 unspecified atom stereocenters. The predicted molar refractivity (Wildman–Crippen MR) is 63.0 cm³/mol. The molecule has 0 spiro atoms. The highest BCUT2D eigenvalue weighted by molar-refractivity contribution is 5.97. The van der Waals surface area contributed by atoms with Crippen LogP contribution in [-0.2, 0) is 9.53 Å². The van der Waals surface area contributed by atoms with Crippen LogP contribution >= 0.6 is 0 Å². The van der Waals surface area contributed by atoms with Gasteiger partial charge in [-0.3, -0.25) is 9.59 Å². The lowest BCUT2D eigenvalue weighted by Gasteiger charge is -2.01. The molecule has 1 heterocycles. The maximum Gasteiger partial charge on any atom is 0.305 e. The summed E-state index contributed by atoms with van der Waals surface area (Å²) < 4.78 is 10.1. The number of carbonyl (C=O) groups is 2. The van der Waals surface area contributed by atoms with Crippen LogP contribution in [0.5, 0.6) is 0 Å². The van der Waals surface area contributed by atoms with E-state index in [1.165, 1.54) is 0 Å². The second-order valence-electron chi connectivity index (χ2n) is 3.91. The SMILES string of the molecule is CCOC(=O)CCCC(=O)c1cc(C)oc1C. The van der Waals surface area contributed by atoms with Crippen LogP contribution in [0.3, 0.4) is 0 Å². The summed E-state index contributed by atoms with van der Waals surface area (Å²) in [6, 6.07) is 1.74. The van der Waals surface area contributed by atoms with Gasteiger partial charge in [-0.05, 0) is 33.3 Å². The molecular weight excluding hydrogens is 220 g/mol. The first-order chi connectivity index (χ1) is 8.04. The van der Waals surface area contributed by atoms with E-state index in [0.717, 1.165) is 5.76 Å². The van der Waals surface area contributed by atoms with Gasteiger partial charge < -0.3 is 9.15 Å². The first kappa shape index (κ1) is 13.5. The van der Waals surface area contributed by atoms with Crippen LogP contribution in [0.4, 0.5) is 0 Å². The zero-order valence-corrected chi connectivity index (χ0v) is 10.5. The Morgan fingerprint density at radius 2 is 2.00 bits per heavy atom. The molecule has 0 atom stereocenters. The van der Waals surface area contributed by atoms with Crippen molar-refractivity contribution in [1.29, 1.82) is 0 Å². The number of ether oxygens (including phenoxy) is 1. The fraction of sp³-hybridized carbons (Fsp3) is 0.538. The summed E-state index contributed by atoms with van der Waals surface area (Å²) in [5, 5.41) is 0. The number of furan rings is 1. The highest BCUT2D eigenvalue weighted by Crippen LogP contribution is 2.16. The Kier molecular flexibility index (Phi) is 4.94. The van der Waals surface area contributed by atoms with Crippen molar-refractivity contribution >= 4 is 11.8 Å². The molecule has 0 N–H and O–H groups in total. The number of aryl methyl sites for hydroxylation is 2. The topological polar surface area (TPSA) is 56.5 Å². The van der Waals surface area contributed by atoms with E-state index >= 15 is 0 Å². The fourth-order valence-electron chi connectivity index (χ4n) is 1.67. The molecule has 17 heavy (non-hydrogen) atoms. The lowest BCUT2D eigenvalue weighted by atomic mass is 10.1. The van der Waals surface area contributed by atoms with Gasteiger partial charge in [0.25, 0.3) is 0 Å². The molecule has 0 amide bonds. The van der Waals surface area contributed by atoms with Gasteiger partial charge in [0, 0.05) is 12.8 Å². The fourth-order valence-corrected chi connectivity index (χ4v) is 1.67. The first-order valence-electron chi connectivity index (χ1n) is 5.80. The Morgan fingerprint density at radius 3 is 2.53 bits per heavy atom. The molecule has 0 fully saturated rings. The molecule has 94 valence electrons. The molecule has 0 bridgehead atoms. The van der Waals surface area contributed by atoms with Crippen molar-refractivity contribution in [1.82, 2.24) is 0 Å². The summed E-state index contributed by atoms with van der Waals surface area (Å²) in [5.41, 5.74) is 0.617. The van der Waals surface area contributed by atoms with Crippen LogP contribution in [-0.4, -0.2) is 18.4 Å².